The lowest BCUT2D eigenvalue weighted by Crippen LogP contribution is -2.54. The molecular weight excluding hydrogens is 648 g/mol. The standard InChI is InChI=1S/C19H8F12O8S2/c20-13(21)15(24)36-9-3-1-7(5-11(9)40-39-38-32)17(18(26,27)28,19(29,30)31)8-2-4-10(37-16(25)14(22)23)12(6-8)41(33,34)35/h1-6,32H,(H,33,34,35). The molecule has 0 radical (unpaired) electrons. The summed E-state index contributed by atoms with van der Waals surface area (Å²) in [5.41, 5.74) is -9.33. The third kappa shape index (κ3) is 7.19. The Balaban J connectivity index is 3.02. The zero-order valence-electron chi connectivity index (χ0n) is 18.7. The Hall–Kier alpha value is -3.18. The molecule has 0 aliphatic heterocycles. The summed E-state index contributed by atoms with van der Waals surface area (Å²) in [4.78, 5) is -3.20. The van der Waals surface area contributed by atoms with Gasteiger partial charge in [-0.05, 0) is 35.4 Å². The van der Waals surface area contributed by atoms with Crippen LogP contribution < -0.4 is 9.47 Å². The lowest BCUT2D eigenvalue weighted by atomic mass is 9.73. The van der Waals surface area contributed by atoms with Crippen LogP contribution in [-0.2, 0) is 24.9 Å². The van der Waals surface area contributed by atoms with E-state index < -0.39 is 103 Å². The molecule has 0 aliphatic carbocycles. The number of benzene rings is 2. The molecule has 2 N–H and O–H groups in total. The summed E-state index contributed by atoms with van der Waals surface area (Å²) in [5.74, 6) is -2.87. The van der Waals surface area contributed by atoms with E-state index in [1.807, 2.05) is 0 Å². The first-order chi connectivity index (χ1) is 18.7. The van der Waals surface area contributed by atoms with E-state index in [0.717, 1.165) is 0 Å². The molecule has 8 nitrogen and oxygen atoms in total. The third-order valence-corrected chi connectivity index (χ3v) is 6.23. The molecule has 0 saturated heterocycles. The lowest BCUT2D eigenvalue weighted by molar-refractivity contribution is -0.432. The molecule has 0 spiro atoms. The van der Waals surface area contributed by atoms with Crippen molar-refractivity contribution in [1.29, 1.82) is 0 Å². The van der Waals surface area contributed by atoms with E-state index in [0.29, 0.717) is 0 Å². The largest absolute Gasteiger partial charge is 0.427 e. The van der Waals surface area contributed by atoms with Gasteiger partial charge in [0.2, 0.25) is 5.41 Å². The average Bonchev–Trinajstić information content (AvgIpc) is 2.82. The van der Waals surface area contributed by atoms with Gasteiger partial charge in [-0.1, -0.05) is 17.2 Å². The van der Waals surface area contributed by atoms with Gasteiger partial charge in [-0.3, -0.25) is 4.55 Å². The minimum absolute atomic E-state index is 0.0675. The van der Waals surface area contributed by atoms with Crippen LogP contribution >= 0.6 is 12.0 Å². The first kappa shape index (κ1) is 34.0. The molecule has 0 fully saturated rings. The van der Waals surface area contributed by atoms with Crippen LogP contribution in [0.3, 0.4) is 0 Å². The highest BCUT2D eigenvalue weighted by Gasteiger charge is 2.72. The Kier molecular flexibility index (Phi) is 10.3. The summed E-state index contributed by atoms with van der Waals surface area (Å²) in [5, 5.41) is 11.4. The molecule has 0 aliphatic rings. The Morgan fingerprint density at radius 2 is 1.17 bits per heavy atom. The molecule has 0 amide bonds. The predicted molar refractivity (Wildman–Crippen MR) is 108 cm³/mol. The summed E-state index contributed by atoms with van der Waals surface area (Å²) in [7, 11) is -5.91. The van der Waals surface area contributed by atoms with Gasteiger partial charge in [0, 0.05) is 0 Å². The van der Waals surface area contributed by atoms with Crippen LogP contribution in [-0.4, -0.2) is 30.6 Å². The van der Waals surface area contributed by atoms with E-state index in [1.54, 1.807) is 0 Å². The predicted octanol–water partition coefficient (Wildman–Crippen LogP) is 7.60. The number of alkyl halides is 6. The topological polar surface area (TPSA) is 112 Å². The van der Waals surface area contributed by atoms with Gasteiger partial charge < -0.3 is 9.47 Å². The van der Waals surface area contributed by atoms with Gasteiger partial charge in [-0.2, -0.15) is 61.1 Å². The maximum Gasteiger partial charge on any atom is 0.411 e. The van der Waals surface area contributed by atoms with E-state index in [2.05, 4.69) is 18.8 Å². The summed E-state index contributed by atoms with van der Waals surface area (Å²) in [6.45, 7) is 0. The summed E-state index contributed by atoms with van der Waals surface area (Å²) < 4.78 is 207. The SMILES string of the molecule is O=S(=O)(O)c1cc(C(c2ccc(OC(F)=C(F)F)c(SOOO)c2)(C(F)(F)F)C(F)(F)F)ccc1OC(F)=C(F)F. The van der Waals surface area contributed by atoms with E-state index in [9.17, 15) is 65.7 Å². The lowest BCUT2D eigenvalue weighted by Gasteiger charge is -2.38. The fourth-order valence-corrected chi connectivity index (χ4v) is 4.33. The molecule has 2 rings (SSSR count). The molecule has 0 saturated carbocycles. The number of rotatable bonds is 10. The molecule has 228 valence electrons. The first-order valence-corrected chi connectivity index (χ1v) is 11.7. The van der Waals surface area contributed by atoms with Gasteiger partial charge in [0.1, 0.15) is 10.6 Å². The molecular formula is C19H8F12O8S2. The van der Waals surface area contributed by atoms with Crippen molar-refractivity contribution in [2.24, 2.45) is 0 Å². The molecule has 0 heterocycles. The minimum Gasteiger partial charge on any atom is -0.427 e. The van der Waals surface area contributed by atoms with Crippen LogP contribution in [0.15, 0.2) is 70.4 Å². The number of hydrogen-bond donors (Lipinski definition) is 2. The zero-order valence-corrected chi connectivity index (χ0v) is 20.3. The molecule has 22 heteroatoms. The van der Waals surface area contributed by atoms with Gasteiger partial charge >= 0.3 is 36.5 Å². The van der Waals surface area contributed by atoms with Gasteiger partial charge in [-0.15, -0.1) is 4.33 Å². The molecule has 0 unspecified atom stereocenters. The van der Waals surface area contributed by atoms with Crippen molar-refractivity contribution in [2.45, 2.75) is 27.6 Å². The van der Waals surface area contributed by atoms with E-state index in [4.69, 9.17) is 5.26 Å². The molecule has 2 aromatic carbocycles. The van der Waals surface area contributed by atoms with Crippen LogP contribution in [0.4, 0.5) is 52.7 Å². The Labute approximate surface area is 223 Å². The Bertz CT molecular complexity index is 1430. The number of halogens is 12. The van der Waals surface area contributed by atoms with Gasteiger partial charge in [0.25, 0.3) is 10.1 Å². The van der Waals surface area contributed by atoms with E-state index in [-0.39, 0.29) is 30.3 Å². The van der Waals surface area contributed by atoms with Crippen molar-refractivity contribution < 1.29 is 89.8 Å². The first-order valence-electron chi connectivity index (χ1n) is 9.50. The van der Waals surface area contributed by atoms with Crippen LogP contribution in [0, 0.1) is 0 Å². The Morgan fingerprint density at radius 3 is 1.59 bits per heavy atom. The minimum atomic E-state index is -6.50. The second-order valence-electron chi connectivity index (χ2n) is 7.04. The van der Waals surface area contributed by atoms with Gasteiger partial charge in [-0.25, -0.2) is 5.26 Å². The number of hydrogen-bond acceptors (Lipinski definition) is 8. The third-order valence-electron chi connectivity index (χ3n) is 4.73. The zero-order chi connectivity index (χ0) is 31.6. The molecule has 0 aromatic heterocycles. The molecule has 0 atom stereocenters. The quantitative estimate of drug-likeness (QED) is 0.0667. The molecule has 41 heavy (non-hydrogen) atoms. The highest BCUT2D eigenvalue weighted by atomic mass is 32.2. The summed E-state index contributed by atoms with van der Waals surface area (Å²) in [6, 6.07) is -6.35. The smallest absolute Gasteiger partial charge is 0.411 e. The van der Waals surface area contributed by atoms with Crippen molar-refractivity contribution in [1.82, 2.24) is 0 Å². The van der Waals surface area contributed by atoms with E-state index >= 15 is 0 Å². The van der Waals surface area contributed by atoms with E-state index in [1.165, 1.54) is 0 Å². The number of ether oxygens (including phenoxy) is 2. The summed E-state index contributed by atoms with van der Waals surface area (Å²) in [6.07, 6.45) is -19.3. The van der Waals surface area contributed by atoms with Crippen molar-refractivity contribution in [3.8, 4) is 11.5 Å². The van der Waals surface area contributed by atoms with Crippen molar-refractivity contribution in [3.63, 3.8) is 0 Å². The van der Waals surface area contributed by atoms with Gasteiger partial charge in [0.05, 0.1) is 16.9 Å². The average molecular weight is 656 g/mol. The van der Waals surface area contributed by atoms with Crippen molar-refractivity contribution in [3.05, 3.63) is 71.7 Å². The van der Waals surface area contributed by atoms with Crippen molar-refractivity contribution in [2.75, 3.05) is 0 Å². The molecule has 2 aromatic rings. The molecule has 0 bridgehead atoms. The fraction of sp³-hybridized carbons (Fsp3) is 0.158. The second-order valence-corrected chi connectivity index (χ2v) is 9.17. The van der Waals surface area contributed by atoms with Crippen LogP contribution in [0.5, 0.6) is 11.5 Å². The second kappa shape index (κ2) is 12.4. The van der Waals surface area contributed by atoms with Crippen LogP contribution in [0.25, 0.3) is 0 Å². The normalized spacial score (nSPS) is 12.6. The maximum absolute atomic E-state index is 14.5. The van der Waals surface area contributed by atoms with Crippen molar-refractivity contribution >= 4 is 22.2 Å². The maximum atomic E-state index is 14.5. The van der Waals surface area contributed by atoms with Gasteiger partial charge in [0.15, 0.2) is 5.75 Å². The highest BCUT2D eigenvalue weighted by molar-refractivity contribution is 7.94. The fourth-order valence-electron chi connectivity index (χ4n) is 3.22. The Morgan fingerprint density at radius 1 is 0.732 bits per heavy atom. The van der Waals surface area contributed by atoms with Crippen LogP contribution in [0.1, 0.15) is 11.1 Å². The summed E-state index contributed by atoms with van der Waals surface area (Å²) >= 11 is -0.473. The highest BCUT2D eigenvalue weighted by Crippen LogP contribution is 2.57. The van der Waals surface area contributed by atoms with Crippen LogP contribution in [0.2, 0.25) is 0 Å². The monoisotopic (exact) mass is 656 g/mol.